The first-order chi connectivity index (χ1) is 13.7. The van der Waals surface area contributed by atoms with Crippen molar-refractivity contribution in [1.29, 1.82) is 0 Å². The summed E-state index contributed by atoms with van der Waals surface area (Å²) < 4.78 is 5.40. The first-order valence-electron chi connectivity index (χ1n) is 9.54. The molecular weight excluding hydrogens is 350 g/mol. The summed E-state index contributed by atoms with van der Waals surface area (Å²) in [5.74, 6) is 0.828. The van der Waals surface area contributed by atoms with Crippen LogP contribution >= 0.6 is 0 Å². The Morgan fingerprint density at radius 1 is 1.18 bits per heavy atom. The Bertz CT molecular complexity index is 852. The Labute approximate surface area is 166 Å². The molecule has 1 heterocycles. The maximum atomic E-state index is 12.4. The number of carbonyl (C=O) groups is 1. The molecule has 1 aliphatic rings. The van der Waals surface area contributed by atoms with Gasteiger partial charge in [0.15, 0.2) is 0 Å². The normalized spacial score (nSPS) is 14.5. The molecule has 2 N–H and O–H groups in total. The minimum absolute atomic E-state index is 0.0560. The summed E-state index contributed by atoms with van der Waals surface area (Å²) in [5, 5.41) is 6.63. The van der Waals surface area contributed by atoms with Gasteiger partial charge in [-0.05, 0) is 48.9 Å². The van der Waals surface area contributed by atoms with E-state index in [4.69, 9.17) is 4.74 Å². The minimum Gasteiger partial charge on any atom is -0.496 e. The lowest BCUT2D eigenvalue weighted by atomic mass is 10.1. The van der Waals surface area contributed by atoms with Gasteiger partial charge in [0.05, 0.1) is 7.11 Å². The van der Waals surface area contributed by atoms with Crippen LogP contribution in [0.15, 0.2) is 61.2 Å². The molecule has 0 aliphatic carbocycles. The summed E-state index contributed by atoms with van der Waals surface area (Å²) in [6.07, 6.45) is 4.50. The first kappa shape index (κ1) is 19.7. The number of amides is 1. The third-order valence-corrected chi connectivity index (χ3v) is 4.68. The second kappa shape index (κ2) is 9.76. The van der Waals surface area contributed by atoms with Crippen molar-refractivity contribution in [3.63, 3.8) is 0 Å². The molecule has 0 saturated carbocycles. The van der Waals surface area contributed by atoms with Crippen molar-refractivity contribution in [3.05, 3.63) is 72.3 Å². The molecule has 1 fully saturated rings. The van der Waals surface area contributed by atoms with Gasteiger partial charge in [0.25, 0.3) is 0 Å². The van der Waals surface area contributed by atoms with Gasteiger partial charge >= 0.3 is 0 Å². The number of anilines is 1. The highest BCUT2D eigenvalue weighted by atomic mass is 16.5. The number of nitrogens with zero attached hydrogens (tertiary/aromatic N) is 1. The Morgan fingerprint density at radius 2 is 2.04 bits per heavy atom. The summed E-state index contributed by atoms with van der Waals surface area (Å²) in [7, 11) is 1.65. The Balaban J connectivity index is 1.66. The molecule has 146 valence electrons. The summed E-state index contributed by atoms with van der Waals surface area (Å²) in [6.45, 7) is 7.50. The van der Waals surface area contributed by atoms with E-state index in [1.807, 2.05) is 59.5 Å². The number of nitrogens with one attached hydrogen (secondary N) is 2. The van der Waals surface area contributed by atoms with E-state index in [1.54, 1.807) is 13.2 Å². The fourth-order valence-electron chi connectivity index (χ4n) is 3.19. The van der Waals surface area contributed by atoms with Crippen LogP contribution in [0.3, 0.4) is 0 Å². The van der Waals surface area contributed by atoms with Gasteiger partial charge in [-0.25, -0.2) is 0 Å². The zero-order valence-corrected chi connectivity index (χ0v) is 16.3. The maximum Gasteiger partial charge on any atom is 0.246 e. The topological polar surface area (TPSA) is 53.6 Å². The molecular formula is C23H27N3O2. The third kappa shape index (κ3) is 5.24. The average molecular weight is 377 g/mol. The van der Waals surface area contributed by atoms with Crippen LogP contribution in [0.4, 0.5) is 5.69 Å². The van der Waals surface area contributed by atoms with E-state index >= 15 is 0 Å². The number of para-hydroxylation sites is 1. The number of rotatable bonds is 6. The molecule has 28 heavy (non-hydrogen) atoms. The van der Waals surface area contributed by atoms with Crippen LogP contribution in [-0.2, 0) is 4.79 Å². The predicted molar refractivity (Wildman–Crippen MR) is 115 cm³/mol. The quantitative estimate of drug-likeness (QED) is 0.755. The highest BCUT2D eigenvalue weighted by Gasteiger charge is 2.12. The molecule has 2 aromatic rings. The van der Waals surface area contributed by atoms with Crippen molar-refractivity contribution >= 4 is 23.4 Å². The van der Waals surface area contributed by atoms with Gasteiger partial charge in [0, 0.05) is 42.7 Å². The number of hydrogen-bond donors (Lipinski definition) is 2. The summed E-state index contributed by atoms with van der Waals surface area (Å²) in [4.78, 5) is 14.3. The predicted octanol–water partition coefficient (Wildman–Crippen LogP) is 3.61. The number of ether oxygens (including phenoxy) is 1. The summed E-state index contributed by atoms with van der Waals surface area (Å²) in [6, 6.07) is 15.7. The zero-order chi connectivity index (χ0) is 19.8. The number of carbonyl (C=O) groups excluding carboxylic acids is 1. The van der Waals surface area contributed by atoms with Crippen LogP contribution in [0.1, 0.15) is 17.5 Å². The van der Waals surface area contributed by atoms with E-state index in [0.717, 1.165) is 60.9 Å². The van der Waals surface area contributed by atoms with Crippen LogP contribution in [0.5, 0.6) is 5.75 Å². The van der Waals surface area contributed by atoms with Gasteiger partial charge in [0.2, 0.25) is 5.91 Å². The average Bonchev–Trinajstić information content (AvgIpc) is 3.02. The van der Waals surface area contributed by atoms with E-state index < -0.39 is 0 Å². The fourth-order valence-corrected chi connectivity index (χ4v) is 3.19. The molecule has 0 bridgehead atoms. The lowest BCUT2D eigenvalue weighted by molar-refractivity contribution is -0.125. The second-order valence-corrected chi connectivity index (χ2v) is 6.69. The van der Waals surface area contributed by atoms with Gasteiger partial charge in [-0.3, -0.25) is 4.79 Å². The Morgan fingerprint density at radius 3 is 2.89 bits per heavy atom. The molecule has 5 heteroatoms. The number of methoxy groups -OCH3 is 1. The van der Waals surface area contributed by atoms with E-state index in [2.05, 4.69) is 17.2 Å². The van der Waals surface area contributed by atoms with Crippen molar-refractivity contribution in [1.82, 2.24) is 10.2 Å². The molecule has 0 spiro atoms. The molecule has 3 rings (SSSR count). The van der Waals surface area contributed by atoms with Crippen LogP contribution in [-0.4, -0.2) is 44.1 Å². The number of benzene rings is 2. The molecule has 1 amide bonds. The monoisotopic (exact) mass is 377 g/mol. The first-order valence-corrected chi connectivity index (χ1v) is 9.54. The van der Waals surface area contributed by atoms with Gasteiger partial charge in [-0.1, -0.05) is 30.8 Å². The SMILES string of the molecule is C=C(Nc1cccc(/C=C/C(=O)N2CCCNCC2)c1)c1ccccc1OC. The van der Waals surface area contributed by atoms with Crippen molar-refractivity contribution in [2.75, 3.05) is 38.6 Å². The van der Waals surface area contributed by atoms with E-state index in [9.17, 15) is 4.79 Å². The standard InChI is InChI=1S/C23H27N3O2/c1-18(21-9-3-4-10-22(21)28-2)25-20-8-5-7-19(17-20)11-12-23(27)26-15-6-13-24-14-16-26/h3-5,7-12,17,24-25H,1,6,13-16H2,2H3/b12-11+. The number of hydrogen-bond acceptors (Lipinski definition) is 4. The minimum atomic E-state index is 0.0560. The van der Waals surface area contributed by atoms with Crippen LogP contribution in [0.25, 0.3) is 11.8 Å². The van der Waals surface area contributed by atoms with E-state index in [1.165, 1.54) is 0 Å². The Hall–Kier alpha value is -3.05. The van der Waals surface area contributed by atoms with E-state index in [0.29, 0.717) is 0 Å². The Kier molecular flexibility index (Phi) is 6.87. The molecule has 0 aromatic heterocycles. The largest absolute Gasteiger partial charge is 0.496 e. The summed E-state index contributed by atoms with van der Waals surface area (Å²) >= 11 is 0. The molecule has 0 atom stereocenters. The highest BCUT2D eigenvalue weighted by Crippen LogP contribution is 2.26. The van der Waals surface area contributed by atoms with Gasteiger partial charge in [-0.2, -0.15) is 0 Å². The van der Waals surface area contributed by atoms with Crippen LogP contribution in [0.2, 0.25) is 0 Å². The molecule has 0 unspecified atom stereocenters. The lowest BCUT2D eigenvalue weighted by Gasteiger charge is -2.17. The molecule has 5 nitrogen and oxygen atoms in total. The molecule has 0 radical (unpaired) electrons. The lowest BCUT2D eigenvalue weighted by Crippen LogP contribution is -2.32. The van der Waals surface area contributed by atoms with Crippen LogP contribution in [0, 0.1) is 0 Å². The van der Waals surface area contributed by atoms with Gasteiger partial charge in [0.1, 0.15) is 5.75 Å². The molecule has 1 saturated heterocycles. The highest BCUT2D eigenvalue weighted by molar-refractivity contribution is 5.92. The van der Waals surface area contributed by atoms with E-state index in [-0.39, 0.29) is 5.91 Å². The van der Waals surface area contributed by atoms with Crippen molar-refractivity contribution in [3.8, 4) is 5.75 Å². The smallest absolute Gasteiger partial charge is 0.246 e. The van der Waals surface area contributed by atoms with Gasteiger partial charge in [-0.15, -0.1) is 0 Å². The van der Waals surface area contributed by atoms with Gasteiger partial charge < -0.3 is 20.3 Å². The second-order valence-electron chi connectivity index (χ2n) is 6.69. The molecule has 1 aliphatic heterocycles. The van der Waals surface area contributed by atoms with Crippen molar-refractivity contribution < 1.29 is 9.53 Å². The third-order valence-electron chi connectivity index (χ3n) is 4.68. The zero-order valence-electron chi connectivity index (χ0n) is 16.3. The fraction of sp³-hybridized carbons (Fsp3) is 0.261. The summed E-state index contributed by atoms with van der Waals surface area (Å²) in [5.41, 5.74) is 3.53. The molecule has 2 aromatic carbocycles. The van der Waals surface area contributed by atoms with Crippen LogP contribution < -0.4 is 15.4 Å². The maximum absolute atomic E-state index is 12.4. The van der Waals surface area contributed by atoms with Crippen molar-refractivity contribution in [2.45, 2.75) is 6.42 Å². The van der Waals surface area contributed by atoms with Crippen molar-refractivity contribution in [2.24, 2.45) is 0 Å².